The molecule has 3 nitrogen and oxygen atoms in total. The zero-order valence-electron chi connectivity index (χ0n) is 8.87. The highest BCUT2D eigenvalue weighted by molar-refractivity contribution is 7.99. The van der Waals surface area contributed by atoms with E-state index in [1.807, 2.05) is 11.8 Å². The first-order valence-corrected chi connectivity index (χ1v) is 7.10. The standard InChI is InChI=1S/C11H18N2OS/c14-11(10-5-15-6-12-10)13-9-4-7-1-2-8(9)3-7/h7-10,12H,1-6H2,(H,13,14)/t7?,8?,9?,10-/m1/s1. The van der Waals surface area contributed by atoms with Crippen molar-refractivity contribution in [3.05, 3.63) is 0 Å². The van der Waals surface area contributed by atoms with Crippen LogP contribution in [0.5, 0.6) is 0 Å². The van der Waals surface area contributed by atoms with E-state index in [-0.39, 0.29) is 11.9 Å². The average molecular weight is 226 g/mol. The van der Waals surface area contributed by atoms with Gasteiger partial charge in [0.1, 0.15) is 0 Å². The topological polar surface area (TPSA) is 41.1 Å². The number of carbonyl (C=O) groups excluding carboxylic acids is 1. The maximum absolute atomic E-state index is 11.9. The molecule has 2 bridgehead atoms. The fraction of sp³-hybridized carbons (Fsp3) is 0.909. The molecule has 3 unspecified atom stereocenters. The summed E-state index contributed by atoms with van der Waals surface area (Å²) in [5.41, 5.74) is 0. The highest BCUT2D eigenvalue weighted by Crippen LogP contribution is 2.44. The van der Waals surface area contributed by atoms with Crippen LogP contribution in [0, 0.1) is 11.8 Å². The van der Waals surface area contributed by atoms with E-state index in [1.165, 1.54) is 25.7 Å². The van der Waals surface area contributed by atoms with E-state index in [9.17, 15) is 4.79 Å². The van der Waals surface area contributed by atoms with Crippen molar-refractivity contribution in [2.75, 3.05) is 11.6 Å². The van der Waals surface area contributed by atoms with E-state index in [0.717, 1.165) is 23.5 Å². The minimum Gasteiger partial charge on any atom is -0.352 e. The molecule has 1 heterocycles. The average Bonchev–Trinajstić information content (AvgIpc) is 2.95. The second-order valence-electron chi connectivity index (χ2n) is 5.06. The van der Waals surface area contributed by atoms with Crippen LogP contribution in [0.15, 0.2) is 0 Å². The van der Waals surface area contributed by atoms with Gasteiger partial charge < -0.3 is 5.32 Å². The van der Waals surface area contributed by atoms with Gasteiger partial charge in [-0.25, -0.2) is 0 Å². The van der Waals surface area contributed by atoms with Gasteiger partial charge in [-0.2, -0.15) is 0 Å². The first kappa shape index (κ1) is 9.97. The lowest BCUT2D eigenvalue weighted by atomic mass is 9.95. The summed E-state index contributed by atoms with van der Waals surface area (Å²) in [5.74, 6) is 3.79. The lowest BCUT2D eigenvalue weighted by Crippen LogP contribution is -2.47. The molecule has 2 aliphatic carbocycles. The quantitative estimate of drug-likeness (QED) is 0.737. The molecule has 0 aromatic heterocycles. The number of hydrogen-bond donors (Lipinski definition) is 2. The van der Waals surface area contributed by atoms with Crippen LogP contribution in [0.2, 0.25) is 0 Å². The van der Waals surface area contributed by atoms with Crippen LogP contribution < -0.4 is 10.6 Å². The summed E-state index contributed by atoms with van der Waals surface area (Å²) in [7, 11) is 0. The molecule has 0 spiro atoms. The first-order valence-electron chi connectivity index (χ1n) is 5.94. The van der Waals surface area contributed by atoms with E-state index in [4.69, 9.17) is 0 Å². The molecular formula is C11H18N2OS. The van der Waals surface area contributed by atoms with Gasteiger partial charge in [-0.15, -0.1) is 11.8 Å². The zero-order chi connectivity index (χ0) is 10.3. The summed E-state index contributed by atoms with van der Waals surface area (Å²) in [6.07, 6.45) is 5.32. The third-order valence-electron chi connectivity index (χ3n) is 4.10. The van der Waals surface area contributed by atoms with Gasteiger partial charge in [-0.3, -0.25) is 10.1 Å². The third kappa shape index (κ3) is 1.89. The fourth-order valence-electron chi connectivity index (χ4n) is 3.27. The Bertz CT molecular complexity index is 265. The number of carbonyl (C=O) groups is 1. The Morgan fingerprint density at radius 2 is 2.27 bits per heavy atom. The Morgan fingerprint density at radius 3 is 2.87 bits per heavy atom. The van der Waals surface area contributed by atoms with E-state index in [1.54, 1.807) is 0 Å². The molecule has 0 radical (unpaired) electrons. The Balaban J connectivity index is 1.54. The maximum Gasteiger partial charge on any atom is 0.238 e. The molecule has 84 valence electrons. The smallest absolute Gasteiger partial charge is 0.238 e. The number of hydrogen-bond acceptors (Lipinski definition) is 3. The summed E-state index contributed by atoms with van der Waals surface area (Å²) in [5, 5.41) is 6.46. The molecule has 1 aliphatic heterocycles. The third-order valence-corrected chi connectivity index (χ3v) is 5.04. The molecule has 3 aliphatic rings. The summed E-state index contributed by atoms with van der Waals surface area (Å²) >= 11 is 1.81. The Hall–Kier alpha value is -0.220. The molecule has 0 aromatic carbocycles. The molecule has 2 N–H and O–H groups in total. The number of nitrogens with one attached hydrogen (secondary N) is 2. The molecule has 0 aromatic rings. The van der Waals surface area contributed by atoms with Gasteiger partial charge >= 0.3 is 0 Å². The molecule has 1 saturated heterocycles. The van der Waals surface area contributed by atoms with Crippen molar-refractivity contribution in [2.45, 2.75) is 37.8 Å². The molecular weight excluding hydrogens is 208 g/mol. The minimum absolute atomic E-state index is 0.0640. The van der Waals surface area contributed by atoms with Crippen molar-refractivity contribution in [1.29, 1.82) is 0 Å². The largest absolute Gasteiger partial charge is 0.352 e. The lowest BCUT2D eigenvalue weighted by molar-refractivity contribution is -0.123. The predicted molar refractivity (Wildman–Crippen MR) is 61.6 cm³/mol. The fourth-order valence-corrected chi connectivity index (χ4v) is 4.21. The van der Waals surface area contributed by atoms with Crippen molar-refractivity contribution in [1.82, 2.24) is 10.6 Å². The molecule has 3 rings (SSSR count). The van der Waals surface area contributed by atoms with Gasteiger partial charge in [-0.05, 0) is 31.1 Å². The molecule has 2 saturated carbocycles. The van der Waals surface area contributed by atoms with Crippen LogP contribution in [0.1, 0.15) is 25.7 Å². The van der Waals surface area contributed by atoms with Crippen molar-refractivity contribution >= 4 is 17.7 Å². The number of rotatable bonds is 2. The number of amides is 1. The molecule has 4 heteroatoms. The van der Waals surface area contributed by atoms with Crippen LogP contribution in [-0.4, -0.2) is 29.6 Å². The molecule has 15 heavy (non-hydrogen) atoms. The SMILES string of the molecule is O=C(NC1CC2CCC1C2)[C@H]1CSCN1. The van der Waals surface area contributed by atoms with Crippen molar-refractivity contribution < 1.29 is 4.79 Å². The van der Waals surface area contributed by atoms with Crippen LogP contribution in [-0.2, 0) is 4.79 Å². The van der Waals surface area contributed by atoms with Crippen LogP contribution in [0.25, 0.3) is 0 Å². The number of fused-ring (bicyclic) bond motifs is 2. The van der Waals surface area contributed by atoms with E-state index >= 15 is 0 Å². The maximum atomic E-state index is 11.9. The predicted octanol–water partition coefficient (Wildman–Crippen LogP) is 0.954. The summed E-state index contributed by atoms with van der Waals surface area (Å²) in [4.78, 5) is 11.9. The second-order valence-corrected chi connectivity index (χ2v) is 6.09. The minimum atomic E-state index is 0.0640. The van der Waals surface area contributed by atoms with Gasteiger partial charge in [0, 0.05) is 17.7 Å². The second kappa shape index (κ2) is 3.98. The van der Waals surface area contributed by atoms with E-state index < -0.39 is 0 Å². The van der Waals surface area contributed by atoms with Crippen molar-refractivity contribution in [2.24, 2.45) is 11.8 Å². The van der Waals surface area contributed by atoms with E-state index in [0.29, 0.717) is 6.04 Å². The van der Waals surface area contributed by atoms with Crippen molar-refractivity contribution in [3.8, 4) is 0 Å². The lowest BCUT2D eigenvalue weighted by Gasteiger charge is -2.24. The van der Waals surface area contributed by atoms with Crippen LogP contribution in [0.3, 0.4) is 0 Å². The van der Waals surface area contributed by atoms with Gasteiger partial charge in [-0.1, -0.05) is 6.42 Å². The van der Waals surface area contributed by atoms with Gasteiger partial charge in [0.2, 0.25) is 5.91 Å². The molecule has 1 amide bonds. The molecule has 4 atom stereocenters. The van der Waals surface area contributed by atoms with Crippen LogP contribution in [0.4, 0.5) is 0 Å². The normalized spacial score (nSPS) is 43.5. The van der Waals surface area contributed by atoms with Crippen LogP contribution >= 0.6 is 11.8 Å². The number of thioether (sulfide) groups is 1. The van der Waals surface area contributed by atoms with E-state index in [2.05, 4.69) is 10.6 Å². The Morgan fingerprint density at radius 1 is 1.33 bits per heavy atom. The summed E-state index contributed by atoms with van der Waals surface area (Å²) in [6.45, 7) is 0. The van der Waals surface area contributed by atoms with Gasteiger partial charge in [0.25, 0.3) is 0 Å². The van der Waals surface area contributed by atoms with Crippen molar-refractivity contribution in [3.63, 3.8) is 0 Å². The molecule has 3 fully saturated rings. The summed E-state index contributed by atoms with van der Waals surface area (Å²) in [6, 6.07) is 0.553. The zero-order valence-corrected chi connectivity index (χ0v) is 9.69. The highest BCUT2D eigenvalue weighted by atomic mass is 32.2. The monoisotopic (exact) mass is 226 g/mol. The van der Waals surface area contributed by atoms with Gasteiger partial charge in [0.05, 0.1) is 6.04 Å². The summed E-state index contributed by atoms with van der Waals surface area (Å²) < 4.78 is 0. The Labute approximate surface area is 94.8 Å². The van der Waals surface area contributed by atoms with Gasteiger partial charge in [0.15, 0.2) is 0 Å². The Kier molecular flexibility index (Phi) is 2.64. The highest BCUT2D eigenvalue weighted by Gasteiger charge is 2.40. The first-order chi connectivity index (χ1) is 7.33.